The predicted octanol–water partition coefficient (Wildman–Crippen LogP) is 1.11. The van der Waals surface area contributed by atoms with Crippen LogP contribution in [0.15, 0.2) is 24.3 Å². The Kier molecular flexibility index (Phi) is 7.69. The minimum absolute atomic E-state index is 0.102. The second kappa shape index (κ2) is 9.34. The molecular formula is C15H24N2O3. The van der Waals surface area contributed by atoms with E-state index >= 15 is 0 Å². The van der Waals surface area contributed by atoms with Crippen LogP contribution in [-0.4, -0.2) is 39.3 Å². The quantitative estimate of drug-likeness (QED) is 0.665. The van der Waals surface area contributed by atoms with Crippen LogP contribution in [0.1, 0.15) is 18.4 Å². The van der Waals surface area contributed by atoms with Crippen LogP contribution >= 0.6 is 0 Å². The Hall–Kier alpha value is -1.59. The Balaban J connectivity index is 2.23. The van der Waals surface area contributed by atoms with Crippen LogP contribution in [0.4, 0.5) is 0 Å². The molecule has 0 heterocycles. The zero-order chi connectivity index (χ0) is 14.8. The van der Waals surface area contributed by atoms with Crippen molar-refractivity contribution in [2.75, 3.05) is 27.4 Å². The van der Waals surface area contributed by atoms with Crippen LogP contribution in [0.5, 0.6) is 5.75 Å². The SMILES string of the molecule is COCCCC(N)C(=O)NCCc1ccc(OC)cc1. The molecule has 1 atom stereocenters. The van der Waals surface area contributed by atoms with E-state index < -0.39 is 6.04 Å². The van der Waals surface area contributed by atoms with E-state index in [1.807, 2.05) is 24.3 Å². The van der Waals surface area contributed by atoms with E-state index in [1.54, 1.807) is 14.2 Å². The van der Waals surface area contributed by atoms with Crippen molar-refractivity contribution in [2.24, 2.45) is 5.73 Å². The van der Waals surface area contributed by atoms with Crippen molar-refractivity contribution in [2.45, 2.75) is 25.3 Å². The molecule has 0 bridgehead atoms. The molecule has 1 aromatic rings. The number of rotatable bonds is 9. The molecule has 1 rings (SSSR count). The maximum absolute atomic E-state index is 11.7. The summed E-state index contributed by atoms with van der Waals surface area (Å²) in [7, 11) is 3.28. The highest BCUT2D eigenvalue weighted by Crippen LogP contribution is 2.11. The molecule has 0 aliphatic rings. The maximum atomic E-state index is 11.7. The molecule has 0 aromatic heterocycles. The Morgan fingerprint density at radius 1 is 1.30 bits per heavy atom. The summed E-state index contributed by atoms with van der Waals surface area (Å²) in [5, 5.41) is 2.85. The predicted molar refractivity (Wildman–Crippen MR) is 78.8 cm³/mol. The van der Waals surface area contributed by atoms with E-state index in [1.165, 1.54) is 0 Å². The standard InChI is InChI=1S/C15H24N2O3/c1-19-11-3-4-14(16)15(18)17-10-9-12-5-7-13(20-2)8-6-12/h5-8,14H,3-4,9-11,16H2,1-2H3,(H,17,18). The molecule has 0 saturated carbocycles. The minimum Gasteiger partial charge on any atom is -0.497 e. The first-order valence-electron chi connectivity index (χ1n) is 6.82. The summed E-state index contributed by atoms with van der Waals surface area (Å²) in [4.78, 5) is 11.7. The second-order valence-corrected chi connectivity index (χ2v) is 4.63. The monoisotopic (exact) mass is 280 g/mol. The van der Waals surface area contributed by atoms with Crippen LogP contribution < -0.4 is 15.8 Å². The summed E-state index contributed by atoms with van der Waals surface area (Å²) in [6.45, 7) is 1.22. The molecule has 1 aromatic carbocycles. The molecule has 0 saturated heterocycles. The summed E-state index contributed by atoms with van der Waals surface area (Å²) in [5.41, 5.74) is 6.94. The van der Waals surface area contributed by atoms with E-state index in [0.29, 0.717) is 19.6 Å². The van der Waals surface area contributed by atoms with Crippen LogP contribution in [0.2, 0.25) is 0 Å². The van der Waals surface area contributed by atoms with Gasteiger partial charge in [-0.2, -0.15) is 0 Å². The van der Waals surface area contributed by atoms with Gasteiger partial charge in [0.2, 0.25) is 5.91 Å². The first-order valence-corrected chi connectivity index (χ1v) is 6.82. The van der Waals surface area contributed by atoms with Gasteiger partial charge in [-0.05, 0) is 37.0 Å². The molecule has 3 N–H and O–H groups in total. The largest absolute Gasteiger partial charge is 0.497 e. The number of hydrogen-bond acceptors (Lipinski definition) is 4. The van der Waals surface area contributed by atoms with Crippen molar-refractivity contribution in [1.82, 2.24) is 5.32 Å². The third-order valence-electron chi connectivity index (χ3n) is 3.07. The van der Waals surface area contributed by atoms with Crippen molar-refractivity contribution < 1.29 is 14.3 Å². The molecule has 1 amide bonds. The fourth-order valence-corrected chi connectivity index (χ4v) is 1.83. The van der Waals surface area contributed by atoms with E-state index in [2.05, 4.69) is 5.32 Å². The average Bonchev–Trinajstić information content (AvgIpc) is 2.48. The first kappa shape index (κ1) is 16.5. The van der Waals surface area contributed by atoms with Gasteiger partial charge in [0, 0.05) is 20.3 Å². The molecule has 20 heavy (non-hydrogen) atoms. The summed E-state index contributed by atoms with van der Waals surface area (Å²) in [6, 6.07) is 7.34. The highest BCUT2D eigenvalue weighted by Gasteiger charge is 2.11. The van der Waals surface area contributed by atoms with Gasteiger partial charge in [0.25, 0.3) is 0 Å². The minimum atomic E-state index is -0.457. The van der Waals surface area contributed by atoms with Gasteiger partial charge in [-0.25, -0.2) is 0 Å². The highest BCUT2D eigenvalue weighted by atomic mass is 16.5. The Labute approximate surface area is 120 Å². The van der Waals surface area contributed by atoms with Gasteiger partial charge in [-0.15, -0.1) is 0 Å². The lowest BCUT2D eigenvalue weighted by Crippen LogP contribution is -2.41. The van der Waals surface area contributed by atoms with Gasteiger partial charge in [0.05, 0.1) is 13.2 Å². The molecule has 0 aliphatic heterocycles. The van der Waals surface area contributed by atoms with E-state index in [-0.39, 0.29) is 5.91 Å². The van der Waals surface area contributed by atoms with Crippen LogP contribution in [0.3, 0.4) is 0 Å². The number of nitrogens with two attached hydrogens (primary N) is 1. The smallest absolute Gasteiger partial charge is 0.236 e. The maximum Gasteiger partial charge on any atom is 0.236 e. The van der Waals surface area contributed by atoms with Gasteiger partial charge in [-0.3, -0.25) is 4.79 Å². The molecule has 0 aliphatic carbocycles. The van der Waals surface area contributed by atoms with Gasteiger partial charge in [0.1, 0.15) is 5.75 Å². The van der Waals surface area contributed by atoms with Crippen molar-refractivity contribution in [1.29, 1.82) is 0 Å². The lowest BCUT2D eigenvalue weighted by Gasteiger charge is -2.12. The lowest BCUT2D eigenvalue weighted by atomic mass is 10.1. The van der Waals surface area contributed by atoms with Crippen molar-refractivity contribution in [3.8, 4) is 5.75 Å². The fourth-order valence-electron chi connectivity index (χ4n) is 1.83. The molecular weight excluding hydrogens is 256 g/mol. The summed E-state index contributed by atoms with van der Waals surface area (Å²) < 4.78 is 10.0. The molecule has 0 spiro atoms. The van der Waals surface area contributed by atoms with Gasteiger partial charge in [-0.1, -0.05) is 12.1 Å². The molecule has 0 radical (unpaired) electrons. The summed E-state index contributed by atoms with van der Waals surface area (Å²) in [5.74, 6) is 0.729. The fraction of sp³-hybridized carbons (Fsp3) is 0.533. The van der Waals surface area contributed by atoms with Crippen LogP contribution in [0, 0.1) is 0 Å². The first-order chi connectivity index (χ1) is 9.67. The van der Waals surface area contributed by atoms with Crippen molar-refractivity contribution in [3.05, 3.63) is 29.8 Å². The van der Waals surface area contributed by atoms with Crippen LogP contribution in [-0.2, 0) is 16.0 Å². The Morgan fingerprint density at radius 3 is 2.60 bits per heavy atom. The number of benzene rings is 1. The summed E-state index contributed by atoms with van der Waals surface area (Å²) >= 11 is 0. The number of hydrogen-bond donors (Lipinski definition) is 2. The van der Waals surface area contributed by atoms with Crippen molar-refractivity contribution >= 4 is 5.91 Å². The number of amides is 1. The van der Waals surface area contributed by atoms with E-state index in [4.69, 9.17) is 15.2 Å². The Bertz CT molecular complexity index is 393. The van der Waals surface area contributed by atoms with Crippen LogP contribution in [0.25, 0.3) is 0 Å². The summed E-state index contributed by atoms with van der Waals surface area (Å²) in [6.07, 6.45) is 2.21. The lowest BCUT2D eigenvalue weighted by molar-refractivity contribution is -0.122. The number of carbonyl (C=O) groups excluding carboxylic acids is 1. The third-order valence-corrected chi connectivity index (χ3v) is 3.07. The zero-order valence-corrected chi connectivity index (χ0v) is 12.2. The number of methoxy groups -OCH3 is 2. The van der Waals surface area contributed by atoms with E-state index in [0.717, 1.165) is 24.2 Å². The molecule has 112 valence electrons. The van der Waals surface area contributed by atoms with Gasteiger partial charge in [0.15, 0.2) is 0 Å². The second-order valence-electron chi connectivity index (χ2n) is 4.63. The van der Waals surface area contributed by atoms with E-state index in [9.17, 15) is 4.79 Å². The molecule has 0 fully saturated rings. The number of nitrogens with one attached hydrogen (secondary N) is 1. The third kappa shape index (κ3) is 6.04. The zero-order valence-electron chi connectivity index (χ0n) is 12.2. The Morgan fingerprint density at radius 2 is 2.00 bits per heavy atom. The topological polar surface area (TPSA) is 73.6 Å². The number of ether oxygens (including phenoxy) is 2. The average molecular weight is 280 g/mol. The number of carbonyl (C=O) groups is 1. The van der Waals surface area contributed by atoms with Crippen molar-refractivity contribution in [3.63, 3.8) is 0 Å². The highest BCUT2D eigenvalue weighted by molar-refractivity contribution is 5.81. The molecule has 1 unspecified atom stereocenters. The van der Waals surface area contributed by atoms with Gasteiger partial charge >= 0.3 is 0 Å². The molecule has 5 heteroatoms. The molecule has 5 nitrogen and oxygen atoms in total. The van der Waals surface area contributed by atoms with Gasteiger partial charge < -0.3 is 20.5 Å². The normalized spacial score (nSPS) is 11.9.